The lowest BCUT2D eigenvalue weighted by molar-refractivity contribution is -0.132. The molecule has 0 aromatic heterocycles. The molecular formula is C26H41N9O. The lowest BCUT2D eigenvalue weighted by atomic mass is 9.90. The van der Waals surface area contributed by atoms with Crippen LogP contribution in [0.2, 0.25) is 0 Å². The van der Waals surface area contributed by atoms with E-state index in [-0.39, 0.29) is 30.3 Å². The number of hydrazine groups is 1. The maximum absolute atomic E-state index is 12.8. The van der Waals surface area contributed by atoms with Gasteiger partial charge in [0.25, 0.3) is 0 Å². The number of likely N-dealkylation sites (tertiary alicyclic amines) is 1. The summed E-state index contributed by atoms with van der Waals surface area (Å²) in [6.07, 6.45) is 4.78. The van der Waals surface area contributed by atoms with Crippen molar-refractivity contribution >= 4 is 11.6 Å². The third kappa shape index (κ3) is 6.35. The van der Waals surface area contributed by atoms with Crippen LogP contribution >= 0.6 is 0 Å². The number of rotatable bonds is 8. The molecule has 5 rings (SSSR count). The average Bonchev–Trinajstić information content (AvgIpc) is 2.91. The first kappa shape index (κ1) is 25.4. The van der Waals surface area contributed by atoms with Gasteiger partial charge in [0.05, 0.1) is 18.2 Å². The smallest absolute Gasteiger partial charge is 0.242 e. The van der Waals surface area contributed by atoms with Crippen LogP contribution in [0.25, 0.3) is 0 Å². The number of hydrogen-bond donors (Lipinski definition) is 6. The average molecular weight is 496 g/mol. The fourth-order valence-electron chi connectivity index (χ4n) is 5.99. The third-order valence-electron chi connectivity index (χ3n) is 8.16. The van der Waals surface area contributed by atoms with Crippen LogP contribution in [-0.4, -0.2) is 86.6 Å². The van der Waals surface area contributed by atoms with Crippen molar-refractivity contribution in [1.82, 2.24) is 36.6 Å². The summed E-state index contributed by atoms with van der Waals surface area (Å²) < 4.78 is 0. The van der Waals surface area contributed by atoms with Crippen molar-refractivity contribution in [3.8, 4) is 6.07 Å². The van der Waals surface area contributed by atoms with Gasteiger partial charge in [-0.1, -0.05) is 12.1 Å². The van der Waals surface area contributed by atoms with E-state index in [2.05, 4.69) is 72.3 Å². The molecule has 0 spiro atoms. The fraction of sp³-hybridized carbons (Fsp3) is 0.692. The minimum Gasteiger partial charge on any atom is -0.369 e. The summed E-state index contributed by atoms with van der Waals surface area (Å²) in [5.41, 5.74) is 8.22. The number of carbonyl (C=O) groups excluding carboxylic acids is 1. The summed E-state index contributed by atoms with van der Waals surface area (Å²) in [5, 5.41) is 23.4. The van der Waals surface area contributed by atoms with Crippen molar-refractivity contribution in [1.29, 1.82) is 5.26 Å². The Hall–Kier alpha value is -2.26. The number of benzene rings is 1. The van der Waals surface area contributed by atoms with Gasteiger partial charge in [0.1, 0.15) is 6.29 Å². The number of anilines is 1. The van der Waals surface area contributed by atoms with E-state index in [1.54, 1.807) is 0 Å². The van der Waals surface area contributed by atoms with E-state index in [4.69, 9.17) is 5.26 Å². The Bertz CT molecular complexity index is 890. The highest BCUT2D eigenvalue weighted by atomic mass is 16.2. The number of carbonyl (C=O) groups is 1. The molecule has 4 heterocycles. The maximum Gasteiger partial charge on any atom is 0.242 e. The van der Waals surface area contributed by atoms with Gasteiger partial charge in [-0.2, -0.15) is 5.26 Å². The molecule has 196 valence electrons. The molecule has 0 bridgehead atoms. The van der Waals surface area contributed by atoms with Gasteiger partial charge in [0.2, 0.25) is 5.91 Å². The van der Waals surface area contributed by atoms with Crippen LogP contribution in [0.5, 0.6) is 0 Å². The first-order valence-electron chi connectivity index (χ1n) is 13.6. The molecule has 4 aliphatic rings. The van der Waals surface area contributed by atoms with Crippen LogP contribution in [-0.2, 0) is 11.2 Å². The molecular weight excluding hydrogens is 454 g/mol. The molecule has 0 saturated carbocycles. The van der Waals surface area contributed by atoms with Crippen LogP contribution in [0.1, 0.15) is 31.2 Å². The van der Waals surface area contributed by atoms with Gasteiger partial charge in [-0.05, 0) is 55.8 Å². The molecule has 4 unspecified atom stereocenters. The maximum atomic E-state index is 12.8. The van der Waals surface area contributed by atoms with Gasteiger partial charge in [0.15, 0.2) is 0 Å². The number of nitriles is 1. The Morgan fingerprint density at radius 3 is 2.58 bits per heavy atom. The van der Waals surface area contributed by atoms with Crippen LogP contribution in [0.15, 0.2) is 24.3 Å². The lowest BCUT2D eigenvalue weighted by Crippen LogP contribution is -2.77. The van der Waals surface area contributed by atoms with Crippen molar-refractivity contribution in [2.45, 2.75) is 50.6 Å². The molecule has 10 heteroatoms. The molecule has 0 radical (unpaired) electrons. The van der Waals surface area contributed by atoms with Gasteiger partial charge < -0.3 is 15.5 Å². The van der Waals surface area contributed by atoms with Gasteiger partial charge in [0, 0.05) is 64.0 Å². The van der Waals surface area contributed by atoms with Crippen LogP contribution in [0.3, 0.4) is 0 Å². The van der Waals surface area contributed by atoms with Gasteiger partial charge in [-0.3, -0.25) is 25.8 Å². The van der Waals surface area contributed by atoms with E-state index in [1.165, 1.54) is 12.0 Å². The van der Waals surface area contributed by atoms with E-state index in [0.29, 0.717) is 18.9 Å². The van der Waals surface area contributed by atoms with Gasteiger partial charge in [-0.25, -0.2) is 5.43 Å². The van der Waals surface area contributed by atoms with Crippen molar-refractivity contribution in [3.05, 3.63) is 29.8 Å². The Morgan fingerprint density at radius 1 is 1.06 bits per heavy atom. The monoisotopic (exact) mass is 495 g/mol. The number of aryl methyl sites for hydroxylation is 1. The van der Waals surface area contributed by atoms with Crippen molar-refractivity contribution < 1.29 is 4.79 Å². The molecule has 10 nitrogen and oxygen atoms in total. The summed E-state index contributed by atoms with van der Waals surface area (Å²) >= 11 is 0. The van der Waals surface area contributed by atoms with E-state index in [9.17, 15) is 4.79 Å². The molecule has 1 amide bonds. The lowest BCUT2D eigenvalue weighted by Gasteiger charge is -2.49. The molecule has 4 aliphatic heterocycles. The second-order valence-corrected chi connectivity index (χ2v) is 10.6. The predicted molar refractivity (Wildman–Crippen MR) is 139 cm³/mol. The molecule has 4 atom stereocenters. The molecule has 0 aliphatic carbocycles. The molecule has 1 aromatic carbocycles. The highest BCUT2D eigenvalue weighted by Crippen LogP contribution is 2.25. The highest BCUT2D eigenvalue weighted by Gasteiger charge is 2.45. The van der Waals surface area contributed by atoms with E-state index in [1.807, 2.05) is 0 Å². The second kappa shape index (κ2) is 12.3. The Morgan fingerprint density at radius 2 is 1.83 bits per heavy atom. The molecule has 4 saturated heterocycles. The summed E-state index contributed by atoms with van der Waals surface area (Å²) in [6.45, 7) is 8.23. The molecule has 4 fully saturated rings. The fourth-order valence-corrected chi connectivity index (χ4v) is 5.99. The SMILES string of the molecule is N#CCC1CCN(C2NC3CNNC(=O)C3C(Nc3ccc(CCCN4CCNCC4)cc3)N2)CC1. The number of amides is 1. The first-order valence-corrected chi connectivity index (χ1v) is 13.6. The Kier molecular flexibility index (Phi) is 8.69. The summed E-state index contributed by atoms with van der Waals surface area (Å²) in [6, 6.07) is 11.0. The minimum atomic E-state index is -0.225. The topological polar surface area (TPSA) is 120 Å². The molecule has 36 heavy (non-hydrogen) atoms. The van der Waals surface area contributed by atoms with Crippen molar-refractivity contribution in [2.75, 3.05) is 57.7 Å². The molecule has 1 aromatic rings. The third-order valence-corrected chi connectivity index (χ3v) is 8.16. The molecule has 6 N–H and O–H groups in total. The van der Waals surface area contributed by atoms with E-state index >= 15 is 0 Å². The zero-order valence-electron chi connectivity index (χ0n) is 21.1. The quantitative estimate of drug-likeness (QED) is 0.296. The predicted octanol–water partition coefficient (Wildman–Crippen LogP) is -0.0163. The van der Waals surface area contributed by atoms with Crippen LogP contribution in [0.4, 0.5) is 5.69 Å². The van der Waals surface area contributed by atoms with E-state index in [0.717, 1.165) is 70.8 Å². The Balaban J connectivity index is 1.18. The van der Waals surface area contributed by atoms with Crippen LogP contribution in [0, 0.1) is 23.2 Å². The number of fused-ring (bicyclic) bond motifs is 1. The van der Waals surface area contributed by atoms with Crippen LogP contribution < -0.4 is 32.1 Å². The van der Waals surface area contributed by atoms with E-state index < -0.39 is 0 Å². The summed E-state index contributed by atoms with van der Waals surface area (Å²) in [5.74, 6) is 0.269. The van der Waals surface area contributed by atoms with Crippen molar-refractivity contribution in [2.24, 2.45) is 11.8 Å². The normalized spacial score (nSPS) is 30.2. The first-order chi connectivity index (χ1) is 17.7. The summed E-state index contributed by atoms with van der Waals surface area (Å²) in [4.78, 5) is 17.7. The van der Waals surface area contributed by atoms with Gasteiger partial charge in [-0.15, -0.1) is 0 Å². The highest BCUT2D eigenvalue weighted by molar-refractivity contribution is 5.81. The number of hydrogen-bond acceptors (Lipinski definition) is 9. The summed E-state index contributed by atoms with van der Waals surface area (Å²) in [7, 11) is 0. The van der Waals surface area contributed by atoms with Gasteiger partial charge >= 0.3 is 0 Å². The second-order valence-electron chi connectivity index (χ2n) is 10.6. The number of piperidine rings is 1. The zero-order chi connectivity index (χ0) is 24.7. The minimum absolute atomic E-state index is 0.000499. The number of nitrogens with one attached hydrogen (secondary N) is 6. The Labute approximate surface area is 214 Å². The number of piperazine rings is 1. The largest absolute Gasteiger partial charge is 0.369 e. The zero-order valence-corrected chi connectivity index (χ0v) is 21.1. The standard InChI is InChI=1S/C26H41N9O/c27-10-7-20-8-14-35(15-9-20)26-31-22-18-29-33-25(36)23(22)24(32-26)30-21-5-3-19(4-6-21)2-1-13-34-16-11-28-12-17-34/h3-6,20,22-24,26,28-32H,1-2,7-9,11-18H2,(H,33,36). The number of nitrogens with zero attached hydrogens (tertiary/aromatic N) is 3. The van der Waals surface area contributed by atoms with Crippen molar-refractivity contribution in [3.63, 3.8) is 0 Å².